The van der Waals surface area contributed by atoms with Gasteiger partial charge in [0.25, 0.3) is 0 Å². The second-order valence-electron chi connectivity index (χ2n) is 5.20. The highest BCUT2D eigenvalue weighted by molar-refractivity contribution is 5.84. The van der Waals surface area contributed by atoms with Gasteiger partial charge in [-0.3, -0.25) is 0 Å². The lowest BCUT2D eigenvalue weighted by Crippen LogP contribution is -1.89. The zero-order chi connectivity index (χ0) is 12.8. The maximum Gasteiger partial charge on any atom is 0.0486 e. The summed E-state index contributed by atoms with van der Waals surface area (Å²) < 4.78 is 0. The van der Waals surface area contributed by atoms with Gasteiger partial charge in [0.15, 0.2) is 0 Å². The van der Waals surface area contributed by atoms with Gasteiger partial charge in [0.1, 0.15) is 0 Å². The van der Waals surface area contributed by atoms with E-state index in [1.165, 1.54) is 39.1 Å². The number of hydrogen-bond donors (Lipinski definition) is 1. The van der Waals surface area contributed by atoms with E-state index in [9.17, 15) is 0 Å². The van der Waals surface area contributed by atoms with Crippen LogP contribution in [0.2, 0.25) is 0 Å². The van der Waals surface area contributed by atoms with E-state index in [4.69, 9.17) is 0 Å². The predicted octanol–water partition coefficient (Wildman–Crippen LogP) is 4.56. The van der Waals surface area contributed by atoms with Gasteiger partial charge in [-0.25, -0.2) is 0 Å². The molecule has 0 saturated heterocycles. The Morgan fingerprint density at radius 1 is 0.842 bits per heavy atom. The molecule has 1 N–H and O–H groups in total. The molecule has 0 saturated carbocycles. The maximum absolute atomic E-state index is 3.38. The molecule has 3 aromatic rings. The first-order chi connectivity index (χ1) is 9.34. The molecule has 0 fully saturated rings. The fourth-order valence-electron chi connectivity index (χ4n) is 3.13. The smallest absolute Gasteiger partial charge is 0.0486 e. The van der Waals surface area contributed by atoms with Crippen LogP contribution in [-0.4, -0.2) is 4.98 Å². The lowest BCUT2D eigenvalue weighted by molar-refractivity contribution is 1.25. The summed E-state index contributed by atoms with van der Waals surface area (Å²) in [5.41, 5.74) is 9.58. The highest BCUT2D eigenvalue weighted by Crippen LogP contribution is 2.41. The normalized spacial score (nSPS) is 12.3. The molecular formula is C18H15N. The first-order valence-corrected chi connectivity index (χ1v) is 6.69. The highest BCUT2D eigenvalue weighted by atomic mass is 14.7. The Bertz CT molecular complexity index is 765. The molecule has 0 amide bonds. The summed E-state index contributed by atoms with van der Waals surface area (Å²) in [4.78, 5) is 3.38. The van der Waals surface area contributed by atoms with E-state index in [2.05, 4.69) is 60.4 Å². The first-order valence-electron chi connectivity index (χ1n) is 6.69. The van der Waals surface area contributed by atoms with Crippen molar-refractivity contribution in [3.63, 3.8) is 0 Å². The van der Waals surface area contributed by atoms with E-state index in [-0.39, 0.29) is 0 Å². The minimum absolute atomic E-state index is 1.04. The van der Waals surface area contributed by atoms with Gasteiger partial charge in [-0.05, 0) is 47.2 Å². The predicted molar refractivity (Wildman–Crippen MR) is 79.2 cm³/mol. The van der Waals surface area contributed by atoms with Crippen molar-refractivity contribution < 1.29 is 0 Å². The Kier molecular flexibility index (Phi) is 2.16. The molecule has 1 nitrogen and oxygen atoms in total. The van der Waals surface area contributed by atoms with Crippen molar-refractivity contribution >= 4 is 0 Å². The zero-order valence-corrected chi connectivity index (χ0v) is 10.9. The molecule has 1 heteroatoms. The van der Waals surface area contributed by atoms with Crippen LogP contribution >= 0.6 is 0 Å². The van der Waals surface area contributed by atoms with Crippen LogP contribution < -0.4 is 0 Å². The van der Waals surface area contributed by atoms with E-state index in [1.807, 2.05) is 6.20 Å². The first kappa shape index (κ1) is 10.6. The third-order valence-electron chi connectivity index (χ3n) is 4.08. The average molecular weight is 245 g/mol. The topological polar surface area (TPSA) is 15.8 Å². The summed E-state index contributed by atoms with van der Waals surface area (Å²) in [6.45, 7) is 2.16. The summed E-state index contributed by atoms with van der Waals surface area (Å²) in [5.74, 6) is 0. The molecule has 1 heterocycles. The van der Waals surface area contributed by atoms with Crippen LogP contribution in [0, 0.1) is 6.92 Å². The second kappa shape index (κ2) is 3.86. The maximum atomic E-state index is 3.38. The molecule has 92 valence electrons. The van der Waals surface area contributed by atoms with E-state index < -0.39 is 0 Å². The van der Waals surface area contributed by atoms with Crippen LogP contribution in [0.3, 0.4) is 0 Å². The molecule has 19 heavy (non-hydrogen) atoms. The second-order valence-corrected chi connectivity index (χ2v) is 5.20. The van der Waals surface area contributed by atoms with E-state index in [1.54, 1.807) is 0 Å². The number of hydrogen-bond acceptors (Lipinski definition) is 0. The molecule has 4 rings (SSSR count). The quantitative estimate of drug-likeness (QED) is 0.506. The molecule has 0 radical (unpaired) electrons. The Morgan fingerprint density at radius 3 is 2.47 bits per heavy atom. The summed E-state index contributed by atoms with van der Waals surface area (Å²) in [5, 5.41) is 0. The van der Waals surface area contributed by atoms with Crippen molar-refractivity contribution in [2.45, 2.75) is 13.3 Å². The number of aryl methyl sites for hydroxylation is 1. The fourth-order valence-corrected chi connectivity index (χ4v) is 3.13. The number of H-pyrrole nitrogens is 1. The Balaban J connectivity index is 1.97. The summed E-state index contributed by atoms with van der Waals surface area (Å²) in [6.07, 6.45) is 3.06. The summed E-state index contributed by atoms with van der Waals surface area (Å²) in [6, 6.07) is 17.5. The Hall–Kier alpha value is -2.28. The van der Waals surface area contributed by atoms with Crippen molar-refractivity contribution in [1.29, 1.82) is 0 Å². The summed E-state index contributed by atoms with van der Waals surface area (Å²) in [7, 11) is 0. The van der Waals surface area contributed by atoms with E-state index in [0.29, 0.717) is 0 Å². The largest absolute Gasteiger partial charge is 0.361 e. The Labute approximate surface area is 112 Å². The van der Waals surface area contributed by atoms with Crippen molar-refractivity contribution in [3.8, 4) is 22.4 Å². The molecular weight excluding hydrogens is 230 g/mol. The summed E-state index contributed by atoms with van der Waals surface area (Å²) >= 11 is 0. The van der Waals surface area contributed by atoms with Gasteiger partial charge in [-0.1, -0.05) is 42.5 Å². The lowest BCUT2D eigenvalue weighted by atomic mass is 9.98. The van der Waals surface area contributed by atoms with Crippen LogP contribution in [0.1, 0.15) is 16.7 Å². The number of rotatable bonds is 1. The van der Waals surface area contributed by atoms with Crippen LogP contribution in [-0.2, 0) is 6.42 Å². The monoisotopic (exact) mass is 245 g/mol. The van der Waals surface area contributed by atoms with Crippen LogP contribution in [0.15, 0.2) is 54.7 Å². The number of nitrogens with one attached hydrogen (secondary N) is 1. The molecule has 1 aromatic heterocycles. The third-order valence-corrected chi connectivity index (χ3v) is 4.08. The minimum Gasteiger partial charge on any atom is -0.361 e. The van der Waals surface area contributed by atoms with Crippen molar-refractivity contribution in [3.05, 3.63) is 71.4 Å². The molecule has 0 unspecified atom stereocenters. The van der Waals surface area contributed by atoms with Crippen molar-refractivity contribution in [2.75, 3.05) is 0 Å². The fraction of sp³-hybridized carbons (Fsp3) is 0.111. The lowest BCUT2D eigenvalue weighted by Gasteiger charge is -2.08. The average Bonchev–Trinajstić information content (AvgIpc) is 3.02. The number of benzene rings is 2. The van der Waals surface area contributed by atoms with Crippen molar-refractivity contribution in [2.24, 2.45) is 0 Å². The molecule has 0 bridgehead atoms. The van der Waals surface area contributed by atoms with Gasteiger partial charge in [0.2, 0.25) is 0 Å². The SMILES string of the molecule is Cc1cc[nH]c1-c1cccc2c1Cc1ccccc1-2. The standard InChI is InChI=1S/C18H15N/c1-12-9-10-19-18(12)16-8-4-7-15-14-6-3-2-5-13(14)11-17(15)16/h2-10,19H,11H2,1H3. The zero-order valence-electron chi connectivity index (χ0n) is 10.9. The molecule has 0 spiro atoms. The number of aromatic amines is 1. The third kappa shape index (κ3) is 1.48. The molecule has 0 atom stereocenters. The van der Waals surface area contributed by atoms with Crippen molar-refractivity contribution in [1.82, 2.24) is 4.98 Å². The molecule has 1 aliphatic rings. The van der Waals surface area contributed by atoms with Gasteiger partial charge in [0.05, 0.1) is 0 Å². The molecule has 1 aliphatic carbocycles. The number of aromatic nitrogens is 1. The van der Waals surface area contributed by atoms with E-state index >= 15 is 0 Å². The van der Waals surface area contributed by atoms with Gasteiger partial charge in [-0.2, -0.15) is 0 Å². The van der Waals surface area contributed by atoms with Crippen LogP contribution in [0.5, 0.6) is 0 Å². The van der Waals surface area contributed by atoms with Crippen LogP contribution in [0.25, 0.3) is 22.4 Å². The molecule has 2 aromatic carbocycles. The Morgan fingerprint density at radius 2 is 1.63 bits per heavy atom. The van der Waals surface area contributed by atoms with Gasteiger partial charge < -0.3 is 4.98 Å². The van der Waals surface area contributed by atoms with Gasteiger partial charge in [-0.15, -0.1) is 0 Å². The van der Waals surface area contributed by atoms with E-state index in [0.717, 1.165) is 6.42 Å². The number of fused-ring (bicyclic) bond motifs is 3. The van der Waals surface area contributed by atoms with Gasteiger partial charge in [0, 0.05) is 17.5 Å². The molecule has 0 aliphatic heterocycles. The highest BCUT2D eigenvalue weighted by Gasteiger charge is 2.21. The van der Waals surface area contributed by atoms with Gasteiger partial charge >= 0.3 is 0 Å². The van der Waals surface area contributed by atoms with Crippen LogP contribution in [0.4, 0.5) is 0 Å². The minimum atomic E-state index is 1.04.